The van der Waals surface area contributed by atoms with Crippen molar-refractivity contribution in [3.8, 4) is 0 Å². The minimum atomic E-state index is -0.720. The second-order valence-corrected chi connectivity index (χ2v) is 4.38. The van der Waals surface area contributed by atoms with Crippen LogP contribution in [0.3, 0.4) is 0 Å². The lowest BCUT2D eigenvalue weighted by atomic mass is 9.95. The molecule has 1 aromatic rings. The molecule has 2 fully saturated rings. The van der Waals surface area contributed by atoms with Gasteiger partial charge in [0.1, 0.15) is 5.41 Å². The van der Waals surface area contributed by atoms with Crippen molar-refractivity contribution in [2.75, 3.05) is 0 Å². The van der Waals surface area contributed by atoms with Gasteiger partial charge in [0, 0.05) is 5.02 Å². The topological polar surface area (TPSA) is 43.4 Å². The average Bonchev–Trinajstić information content (AvgIpc) is 2.88. The van der Waals surface area contributed by atoms with Gasteiger partial charge in [-0.2, -0.15) is 0 Å². The Labute approximate surface area is 91.0 Å². The van der Waals surface area contributed by atoms with E-state index in [1.54, 1.807) is 18.2 Å². The van der Waals surface area contributed by atoms with Crippen molar-refractivity contribution in [3.05, 3.63) is 34.9 Å². The zero-order valence-electron chi connectivity index (χ0n) is 7.70. The number of ether oxygens (including phenoxy) is 1. The summed E-state index contributed by atoms with van der Waals surface area (Å²) in [4.78, 5) is 22.8. The van der Waals surface area contributed by atoms with Crippen LogP contribution in [0.1, 0.15) is 12.0 Å². The van der Waals surface area contributed by atoms with Crippen LogP contribution in [0.5, 0.6) is 0 Å². The molecule has 0 spiro atoms. The summed E-state index contributed by atoms with van der Waals surface area (Å²) in [5.74, 6) is -1.12. The van der Waals surface area contributed by atoms with Crippen molar-refractivity contribution in [1.82, 2.24) is 0 Å². The lowest BCUT2D eigenvalue weighted by molar-refractivity contribution is -0.155. The summed E-state index contributed by atoms with van der Waals surface area (Å²) in [6.07, 6.45) is 0.561. The van der Waals surface area contributed by atoms with Crippen LogP contribution in [0.4, 0.5) is 0 Å². The average molecular weight is 223 g/mol. The van der Waals surface area contributed by atoms with E-state index in [4.69, 9.17) is 11.6 Å². The van der Waals surface area contributed by atoms with Crippen molar-refractivity contribution >= 4 is 23.5 Å². The number of fused-ring (bicyclic) bond motifs is 1. The molecule has 0 aromatic heterocycles. The maximum atomic E-state index is 11.6. The molecule has 1 aliphatic heterocycles. The molecule has 0 amide bonds. The van der Waals surface area contributed by atoms with Crippen molar-refractivity contribution in [1.29, 1.82) is 0 Å². The predicted octanol–water partition coefficient (Wildman–Crippen LogP) is 1.68. The fourth-order valence-electron chi connectivity index (χ4n) is 2.23. The Balaban J connectivity index is 2.09. The lowest BCUT2D eigenvalue weighted by Gasteiger charge is -2.08. The van der Waals surface area contributed by atoms with Crippen LogP contribution in [0, 0.1) is 5.92 Å². The first-order valence-corrected chi connectivity index (χ1v) is 5.04. The van der Waals surface area contributed by atoms with Gasteiger partial charge >= 0.3 is 11.9 Å². The number of esters is 2. The third-order valence-corrected chi connectivity index (χ3v) is 3.38. The largest absolute Gasteiger partial charge is 0.392 e. The van der Waals surface area contributed by atoms with Gasteiger partial charge in [0.2, 0.25) is 0 Å². The molecule has 2 aliphatic rings. The van der Waals surface area contributed by atoms with E-state index < -0.39 is 17.4 Å². The number of hydrogen-bond donors (Lipinski definition) is 0. The summed E-state index contributed by atoms with van der Waals surface area (Å²) in [5, 5.41) is 0.569. The molecule has 1 saturated carbocycles. The molecule has 0 bridgehead atoms. The van der Waals surface area contributed by atoms with E-state index in [1.165, 1.54) is 0 Å². The molecule has 4 heteroatoms. The van der Waals surface area contributed by atoms with Crippen molar-refractivity contribution < 1.29 is 14.3 Å². The van der Waals surface area contributed by atoms with Crippen molar-refractivity contribution in [2.24, 2.45) is 5.92 Å². The molecule has 15 heavy (non-hydrogen) atoms. The summed E-state index contributed by atoms with van der Waals surface area (Å²) in [5.41, 5.74) is 0.0676. The van der Waals surface area contributed by atoms with Crippen LogP contribution in [-0.4, -0.2) is 11.9 Å². The molecular weight excluding hydrogens is 216 g/mol. The van der Waals surface area contributed by atoms with Crippen molar-refractivity contribution in [3.63, 3.8) is 0 Å². The Bertz CT molecular complexity index is 482. The normalized spacial score (nSPS) is 32.5. The molecule has 1 heterocycles. The first-order chi connectivity index (χ1) is 7.14. The van der Waals surface area contributed by atoms with Gasteiger partial charge in [-0.25, -0.2) is 0 Å². The molecule has 3 rings (SSSR count). The Morgan fingerprint density at radius 2 is 2.20 bits per heavy atom. The van der Waals surface area contributed by atoms with E-state index in [-0.39, 0.29) is 5.92 Å². The van der Waals surface area contributed by atoms with Gasteiger partial charge < -0.3 is 4.74 Å². The Morgan fingerprint density at radius 1 is 1.40 bits per heavy atom. The number of rotatable bonds is 1. The first-order valence-electron chi connectivity index (χ1n) is 4.67. The number of carbonyl (C=O) groups is 2. The molecule has 0 radical (unpaired) electrons. The second kappa shape index (κ2) is 2.61. The van der Waals surface area contributed by atoms with Crippen LogP contribution in [-0.2, 0) is 19.7 Å². The summed E-state index contributed by atoms with van der Waals surface area (Å²) in [6, 6.07) is 7.05. The number of halogens is 1. The quantitative estimate of drug-likeness (QED) is 0.536. The van der Waals surface area contributed by atoms with E-state index in [2.05, 4.69) is 4.74 Å². The van der Waals surface area contributed by atoms with Crippen LogP contribution in [0.15, 0.2) is 24.3 Å². The minimum Gasteiger partial charge on any atom is -0.392 e. The van der Waals surface area contributed by atoms with Gasteiger partial charge in [0.25, 0.3) is 0 Å². The third kappa shape index (κ3) is 1.01. The van der Waals surface area contributed by atoms with Gasteiger partial charge in [-0.3, -0.25) is 9.59 Å². The van der Waals surface area contributed by atoms with Gasteiger partial charge in [-0.15, -0.1) is 0 Å². The summed E-state index contributed by atoms with van der Waals surface area (Å²) in [6.45, 7) is 0. The van der Waals surface area contributed by atoms with Gasteiger partial charge in [0.05, 0.1) is 5.92 Å². The molecule has 0 N–H and O–H groups in total. The number of cyclic esters (lactones) is 2. The van der Waals surface area contributed by atoms with Crippen LogP contribution in [0.25, 0.3) is 0 Å². The molecule has 1 saturated heterocycles. The van der Waals surface area contributed by atoms with E-state index in [1.807, 2.05) is 6.07 Å². The summed E-state index contributed by atoms with van der Waals surface area (Å²) in [7, 11) is 0. The number of hydrogen-bond acceptors (Lipinski definition) is 3. The Morgan fingerprint density at radius 3 is 2.73 bits per heavy atom. The zero-order valence-corrected chi connectivity index (χ0v) is 8.45. The zero-order chi connectivity index (χ0) is 10.6. The van der Waals surface area contributed by atoms with E-state index in [0.717, 1.165) is 5.56 Å². The number of benzene rings is 1. The van der Waals surface area contributed by atoms with Crippen LogP contribution >= 0.6 is 11.6 Å². The highest BCUT2D eigenvalue weighted by Gasteiger charge is 2.71. The minimum absolute atomic E-state index is 0.288. The van der Waals surface area contributed by atoms with Gasteiger partial charge in [-0.1, -0.05) is 23.7 Å². The maximum Gasteiger partial charge on any atom is 0.325 e. The fraction of sp³-hybridized carbons (Fsp3) is 0.273. The van der Waals surface area contributed by atoms with Gasteiger partial charge in [0.15, 0.2) is 0 Å². The molecule has 2 unspecified atom stereocenters. The summed E-state index contributed by atoms with van der Waals surface area (Å²) < 4.78 is 4.60. The van der Waals surface area contributed by atoms with E-state index in [9.17, 15) is 9.59 Å². The molecule has 1 aromatic carbocycles. The Kier molecular flexibility index (Phi) is 1.55. The SMILES string of the molecule is O=C1OC(=O)C2(c3cccc(Cl)c3)CC12. The number of carbonyl (C=O) groups excluding carboxylic acids is 2. The van der Waals surface area contributed by atoms with E-state index in [0.29, 0.717) is 11.4 Å². The fourth-order valence-corrected chi connectivity index (χ4v) is 2.42. The highest BCUT2D eigenvalue weighted by atomic mass is 35.5. The predicted molar refractivity (Wildman–Crippen MR) is 52.3 cm³/mol. The molecule has 1 aliphatic carbocycles. The molecule has 3 nitrogen and oxygen atoms in total. The maximum absolute atomic E-state index is 11.6. The first kappa shape index (κ1) is 8.92. The van der Waals surface area contributed by atoms with Crippen LogP contribution < -0.4 is 0 Å². The smallest absolute Gasteiger partial charge is 0.325 e. The molecular formula is C11H7ClO3. The highest BCUT2D eigenvalue weighted by molar-refractivity contribution is 6.30. The van der Waals surface area contributed by atoms with Gasteiger partial charge in [-0.05, 0) is 24.1 Å². The second-order valence-electron chi connectivity index (χ2n) is 3.95. The third-order valence-electron chi connectivity index (χ3n) is 3.14. The summed E-state index contributed by atoms with van der Waals surface area (Å²) >= 11 is 5.85. The standard InChI is InChI=1S/C11H7ClO3/c12-7-3-1-2-6(4-7)11-5-8(11)9(13)15-10(11)14/h1-4,8H,5H2. The van der Waals surface area contributed by atoms with Crippen LogP contribution in [0.2, 0.25) is 5.02 Å². The highest BCUT2D eigenvalue weighted by Crippen LogP contribution is 2.59. The van der Waals surface area contributed by atoms with Crippen molar-refractivity contribution in [2.45, 2.75) is 11.8 Å². The molecule has 2 atom stereocenters. The Hall–Kier alpha value is -1.35. The molecule has 76 valence electrons. The lowest BCUT2D eigenvalue weighted by Crippen LogP contribution is -2.18. The van der Waals surface area contributed by atoms with E-state index >= 15 is 0 Å². The monoisotopic (exact) mass is 222 g/mol.